The zero-order valence-corrected chi connectivity index (χ0v) is 35.0. The molecule has 62 heavy (non-hydrogen) atoms. The van der Waals surface area contributed by atoms with E-state index in [0.29, 0.717) is 6.42 Å². The van der Waals surface area contributed by atoms with Gasteiger partial charge in [-0.2, -0.15) is 0 Å². The summed E-state index contributed by atoms with van der Waals surface area (Å²) in [5, 5.41) is 12.9. The molecular formula is C58H44BN3. The second-order valence-corrected chi connectivity index (χ2v) is 16.6. The number of benzene rings is 8. The molecular weight excluding hydrogens is 749 g/mol. The minimum Gasteiger partial charge on any atom is -0.399 e. The van der Waals surface area contributed by atoms with Gasteiger partial charge in [-0.25, -0.2) is 0 Å². The molecule has 0 bridgehead atoms. The fourth-order valence-electron chi connectivity index (χ4n) is 10.8. The second-order valence-electron chi connectivity index (χ2n) is 16.6. The fraction of sp³-hybridized carbons (Fsp3) is 0.103. The van der Waals surface area contributed by atoms with Crippen molar-refractivity contribution in [2.24, 2.45) is 5.73 Å². The van der Waals surface area contributed by atoms with Gasteiger partial charge in [0.15, 0.2) is 0 Å². The van der Waals surface area contributed by atoms with Crippen molar-refractivity contribution in [3.63, 3.8) is 0 Å². The molecule has 13 rings (SSSR count). The number of aryl methyl sites for hydroxylation is 1. The summed E-state index contributed by atoms with van der Waals surface area (Å²) >= 11 is 0. The summed E-state index contributed by atoms with van der Waals surface area (Å²) in [7, 11) is 0. The third kappa shape index (κ3) is 5.28. The number of hydrogen-bond donors (Lipinski definition) is 1. The van der Waals surface area contributed by atoms with Crippen molar-refractivity contribution in [2.75, 3.05) is 0 Å². The maximum Gasteiger partial charge on any atom is 0.232 e. The lowest BCUT2D eigenvalue weighted by molar-refractivity contribution is 1.00. The highest BCUT2D eigenvalue weighted by atomic mass is 15.0. The second kappa shape index (κ2) is 14.3. The van der Waals surface area contributed by atoms with Crippen molar-refractivity contribution >= 4 is 105 Å². The molecule has 1 aliphatic carbocycles. The van der Waals surface area contributed by atoms with E-state index < -0.39 is 0 Å². The molecule has 0 atom stereocenters. The van der Waals surface area contributed by atoms with Gasteiger partial charge in [0.2, 0.25) is 6.71 Å². The third-order valence-corrected chi connectivity index (χ3v) is 13.5. The lowest BCUT2D eigenvalue weighted by atomic mass is 9.38. The first-order valence-corrected chi connectivity index (χ1v) is 22.2. The van der Waals surface area contributed by atoms with Crippen LogP contribution in [0.15, 0.2) is 169 Å². The Bertz CT molecular complexity index is 3790. The number of hydrogen-bond acceptors (Lipinski definition) is 1. The molecule has 0 spiro atoms. The number of fused-ring (bicyclic) bond motifs is 15. The van der Waals surface area contributed by atoms with Gasteiger partial charge in [0.25, 0.3) is 0 Å². The summed E-state index contributed by atoms with van der Waals surface area (Å²) in [5.41, 5.74) is 21.7. The highest BCUT2D eigenvalue weighted by Crippen LogP contribution is 2.49. The van der Waals surface area contributed by atoms with Gasteiger partial charge in [-0.15, -0.1) is 5.98 Å². The molecule has 4 heteroatoms. The Hall–Kier alpha value is -7.48. The van der Waals surface area contributed by atoms with Gasteiger partial charge in [-0.05, 0) is 81.4 Å². The minimum atomic E-state index is 0.0380. The summed E-state index contributed by atoms with van der Waals surface area (Å²) in [6.45, 7) is 4.04. The molecule has 0 saturated heterocycles. The number of nitrogens with zero attached hydrogens (tertiary/aromatic N) is 2. The lowest BCUT2D eigenvalue weighted by Gasteiger charge is -2.19. The van der Waals surface area contributed by atoms with Crippen LogP contribution in [0.25, 0.3) is 98.9 Å². The largest absolute Gasteiger partial charge is 0.399 e. The standard InChI is InChI=1S/C56H38BN3.C2H6/c58-53(48-23-3-1-2-12-31-57(48)40-28-25-35-14-4-5-15-37(35)32-40)36-26-29-41(30-27-36)59-49-24-11-10-20-45(49)51-42-18-8-9-19-43(42)52-46-22-13-21-44-47-33-38-16-6-7-17-39(38)34-50(47)60(54(44)46)56(52)55(51)59;1-2/h4-7,9-17,19-22,24-34H,2,8,18,23,58H2;1-2H3/b31-12-,53-48-;. The van der Waals surface area contributed by atoms with E-state index in [1.807, 2.05) is 13.8 Å². The molecule has 1 aliphatic heterocycles. The van der Waals surface area contributed by atoms with E-state index >= 15 is 0 Å². The average molecular weight is 794 g/mol. The van der Waals surface area contributed by atoms with Crippen LogP contribution in [0, 0.1) is 11.8 Å². The van der Waals surface area contributed by atoms with Crippen molar-refractivity contribution < 1.29 is 0 Å². The fourth-order valence-corrected chi connectivity index (χ4v) is 10.8. The highest BCUT2D eigenvalue weighted by Gasteiger charge is 2.29. The first-order valence-electron chi connectivity index (χ1n) is 22.2. The number of rotatable bonds is 3. The monoisotopic (exact) mass is 793 g/mol. The van der Waals surface area contributed by atoms with Gasteiger partial charge in [0, 0.05) is 56.5 Å². The van der Waals surface area contributed by atoms with Crippen molar-refractivity contribution in [3.8, 4) is 17.5 Å². The van der Waals surface area contributed by atoms with Crippen molar-refractivity contribution in [2.45, 2.75) is 39.5 Å². The summed E-state index contributed by atoms with van der Waals surface area (Å²) in [4.78, 5) is 0. The van der Waals surface area contributed by atoms with E-state index in [0.717, 1.165) is 41.7 Å². The van der Waals surface area contributed by atoms with Crippen LogP contribution < -0.4 is 11.2 Å². The molecule has 11 aromatic rings. The Kier molecular flexibility index (Phi) is 8.41. The van der Waals surface area contributed by atoms with Crippen LogP contribution in [-0.2, 0) is 6.42 Å². The molecule has 0 amide bonds. The zero-order chi connectivity index (χ0) is 41.5. The number of allylic oxidation sites excluding steroid dienone is 3. The van der Waals surface area contributed by atoms with E-state index in [1.54, 1.807) is 0 Å². The van der Waals surface area contributed by atoms with Crippen LogP contribution in [0.4, 0.5) is 0 Å². The van der Waals surface area contributed by atoms with Gasteiger partial charge in [-0.1, -0.05) is 170 Å². The van der Waals surface area contributed by atoms with Gasteiger partial charge in [0.05, 0.1) is 27.6 Å². The Morgan fingerprint density at radius 3 is 2.16 bits per heavy atom. The third-order valence-electron chi connectivity index (χ3n) is 13.5. The van der Waals surface area contributed by atoms with E-state index in [2.05, 4.69) is 191 Å². The molecule has 8 aromatic carbocycles. The van der Waals surface area contributed by atoms with Gasteiger partial charge < -0.3 is 14.7 Å². The molecule has 0 unspecified atom stereocenters. The molecule has 0 fully saturated rings. The van der Waals surface area contributed by atoms with Crippen LogP contribution in [0.2, 0.25) is 0 Å². The topological polar surface area (TPSA) is 35.4 Å². The molecule has 294 valence electrons. The molecule has 0 radical (unpaired) electrons. The van der Waals surface area contributed by atoms with Crippen molar-refractivity contribution in [1.82, 2.24) is 8.97 Å². The van der Waals surface area contributed by atoms with Crippen molar-refractivity contribution in [3.05, 3.63) is 186 Å². The average Bonchev–Trinajstić information content (AvgIpc) is 3.97. The SMILES string of the molecule is CC.N/C(=C1/CC#CC/C=C\B1c1ccc2ccccc2c1)c1ccc(-n2c3ccccc3c3c4c(c5c6cccc7c8cc9ccccc9cc8n(c76)c5c32)C=CCC4)cc1. The number of para-hydroxylation sites is 2. The maximum atomic E-state index is 7.26. The van der Waals surface area contributed by atoms with Crippen LogP contribution in [0.5, 0.6) is 0 Å². The molecule has 2 aliphatic rings. The highest BCUT2D eigenvalue weighted by molar-refractivity contribution is 6.85. The van der Waals surface area contributed by atoms with Gasteiger partial charge in [-0.3, -0.25) is 0 Å². The predicted molar refractivity (Wildman–Crippen MR) is 268 cm³/mol. The van der Waals surface area contributed by atoms with E-state index in [4.69, 9.17) is 5.73 Å². The Morgan fingerprint density at radius 1 is 0.597 bits per heavy atom. The van der Waals surface area contributed by atoms with E-state index in [9.17, 15) is 0 Å². The summed E-state index contributed by atoms with van der Waals surface area (Å²) in [6, 6.07) is 53.8. The van der Waals surface area contributed by atoms with E-state index in [1.165, 1.54) is 98.0 Å². The summed E-state index contributed by atoms with van der Waals surface area (Å²) < 4.78 is 5.12. The number of aromatic nitrogens is 2. The first-order chi connectivity index (χ1) is 30.7. The zero-order valence-electron chi connectivity index (χ0n) is 35.0. The predicted octanol–water partition coefficient (Wildman–Crippen LogP) is 13.7. The number of nitrogens with two attached hydrogens (primary N) is 1. The molecule has 2 N–H and O–H groups in total. The smallest absolute Gasteiger partial charge is 0.232 e. The van der Waals surface area contributed by atoms with Crippen molar-refractivity contribution in [1.29, 1.82) is 0 Å². The lowest BCUT2D eigenvalue weighted by Crippen LogP contribution is -2.33. The van der Waals surface area contributed by atoms with Gasteiger partial charge in [0.1, 0.15) is 0 Å². The summed E-state index contributed by atoms with van der Waals surface area (Å²) in [5.74, 6) is 9.06. The summed E-state index contributed by atoms with van der Waals surface area (Å²) in [6.07, 6.45) is 10.4. The van der Waals surface area contributed by atoms with E-state index in [-0.39, 0.29) is 6.71 Å². The Morgan fingerprint density at radius 2 is 1.32 bits per heavy atom. The Balaban J connectivity index is 0.00000202. The molecule has 3 aromatic heterocycles. The minimum absolute atomic E-state index is 0.0380. The van der Waals surface area contributed by atoms with Crippen LogP contribution in [-0.4, -0.2) is 15.7 Å². The Labute approximate surface area is 361 Å². The van der Waals surface area contributed by atoms with Crippen LogP contribution in [0.3, 0.4) is 0 Å². The quantitative estimate of drug-likeness (QED) is 0.140. The van der Waals surface area contributed by atoms with Crippen LogP contribution >= 0.6 is 0 Å². The maximum absolute atomic E-state index is 7.26. The normalized spacial score (nSPS) is 15.3. The molecule has 0 saturated carbocycles. The van der Waals surface area contributed by atoms with Crippen LogP contribution in [0.1, 0.15) is 49.8 Å². The molecule has 3 nitrogen and oxygen atoms in total. The van der Waals surface area contributed by atoms with Gasteiger partial charge >= 0.3 is 0 Å². The first kappa shape index (κ1) is 36.4. The molecule has 4 heterocycles.